The third-order valence-corrected chi connectivity index (χ3v) is 6.08. The summed E-state index contributed by atoms with van der Waals surface area (Å²) in [5.74, 6) is 1.44. The lowest BCUT2D eigenvalue weighted by molar-refractivity contribution is -0.113. The molecule has 3 heterocycles. The van der Waals surface area contributed by atoms with Gasteiger partial charge in [0.25, 0.3) is 0 Å². The molecule has 0 bridgehead atoms. The van der Waals surface area contributed by atoms with Crippen molar-refractivity contribution in [3.63, 3.8) is 0 Å². The number of anilines is 1. The molecule has 0 aliphatic rings. The van der Waals surface area contributed by atoms with Gasteiger partial charge in [-0.3, -0.25) is 19.3 Å². The maximum atomic E-state index is 12.8. The number of carbonyl (C=O) groups is 1. The van der Waals surface area contributed by atoms with E-state index in [4.69, 9.17) is 4.74 Å². The number of thioether (sulfide) groups is 1. The van der Waals surface area contributed by atoms with E-state index in [1.165, 1.54) is 11.8 Å². The summed E-state index contributed by atoms with van der Waals surface area (Å²) in [4.78, 5) is 21.2. The number of hydrogen-bond acceptors (Lipinski definition) is 7. The highest BCUT2D eigenvalue weighted by molar-refractivity contribution is 7.99. The standard InChI is InChI=1S/C25H20N6O2S/c1-33-19-9-7-18(8-10-19)31-24(17-11-14-26-15-12-17)29-30-25(31)34-16-23(32)28-22-6-2-5-21-20(22)4-3-13-27-21/h2-15H,16H2,1H3,(H,28,32). The van der Waals surface area contributed by atoms with E-state index in [0.29, 0.717) is 11.0 Å². The Morgan fingerprint density at radius 2 is 1.79 bits per heavy atom. The second-order valence-electron chi connectivity index (χ2n) is 7.29. The molecule has 168 valence electrons. The number of fused-ring (bicyclic) bond motifs is 1. The van der Waals surface area contributed by atoms with Crippen LogP contribution in [-0.2, 0) is 4.79 Å². The lowest BCUT2D eigenvalue weighted by Gasteiger charge is -2.11. The molecule has 0 aliphatic heterocycles. The minimum Gasteiger partial charge on any atom is -0.497 e. The molecule has 0 atom stereocenters. The summed E-state index contributed by atoms with van der Waals surface area (Å²) in [6, 6.07) is 20.8. The Bertz CT molecular complexity index is 1430. The molecule has 5 rings (SSSR count). The maximum Gasteiger partial charge on any atom is 0.234 e. The van der Waals surface area contributed by atoms with Gasteiger partial charge in [0.05, 0.1) is 24.1 Å². The molecule has 1 amide bonds. The fraction of sp³-hybridized carbons (Fsp3) is 0.0800. The summed E-state index contributed by atoms with van der Waals surface area (Å²) in [6.07, 6.45) is 5.15. The van der Waals surface area contributed by atoms with E-state index in [9.17, 15) is 4.79 Å². The van der Waals surface area contributed by atoms with Crippen molar-refractivity contribution < 1.29 is 9.53 Å². The first-order valence-electron chi connectivity index (χ1n) is 10.5. The fourth-order valence-corrected chi connectivity index (χ4v) is 4.30. The summed E-state index contributed by atoms with van der Waals surface area (Å²) in [5.41, 5.74) is 3.29. The lowest BCUT2D eigenvalue weighted by Crippen LogP contribution is -2.15. The van der Waals surface area contributed by atoms with Crippen molar-refractivity contribution in [1.82, 2.24) is 24.7 Å². The molecule has 0 aliphatic carbocycles. The van der Waals surface area contributed by atoms with E-state index in [2.05, 4.69) is 25.5 Å². The number of benzene rings is 2. The molecule has 3 aromatic heterocycles. The number of aromatic nitrogens is 5. The van der Waals surface area contributed by atoms with Crippen molar-refractivity contribution in [1.29, 1.82) is 0 Å². The highest BCUT2D eigenvalue weighted by atomic mass is 32.2. The number of rotatable bonds is 7. The molecule has 9 heteroatoms. The average Bonchev–Trinajstić information content (AvgIpc) is 3.32. The van der Waals surface area contributed by atoms with Gasteiger partial charge in [0, 0.05) is 35.2 Å². The van der Waals surface area contributed by atoms with Crippen LogP contribution >= 0.6 is 11.8 Å². The highest BCUT2D eigenvalue weighted by Crippen LogP contribution is 2.29. The molecule has 34 heavy (non-hydrogen) atoms. The molecule has 1 N–H and O–H groups in total. The van der Waals surface area contributed by atoms with Gasteiger partial charge >= 0.3 is 0 Å². The van der Waals surface area contributed by atoms with Gasteiger partial charge in [0.15, 0.2) is 11.0 Å². The zero-order valence-corrected chi connectivity index (χ0v) is 19.1. The van der Waals surface area contributed by atoms with E-state index in [0.717, 1.165) is 33.6 Å². The number of ether oxygens (including phenoxy) is 1. The predicted molar refractivity (Wildman–Crippen MR) is 132 cm³/mol. The van der Waals surface area contributed by atoms with E-state index >= 15 is 0 Å². The SMILES string of the molecule is COc1ccc(-n2c(SCC(=O)Nc3cccc4ncccc34)nnc2-c2ccncc2)cc1. The molecule has 0 spiro atoms. The van der Waals surface area contributed by atoms with Crippen LogP contribution in [0.15, 0.2) is 90.5 Å². The highest BCUT2D eigenvalue weighted by Gasteiger charge is 2.18. The number of hydrogen-bond donors (Lipinski definition) is 1. The zero-order valence-electron chi connectivity index (χ0n) is 18.3. The van der Waals surface area contributed by atoms with Crippen LogP contribution < -0.4 is 10.1 Å². The average molecular weight is 469 g/mol. The van der Waals surface area contributed by atoms with Crippen LogP contribution in [0.4, 0.5) is 5.69 Å². The van der Waals surface area contributed by atoms with Crippen LogP contribution in [0, 0.1) is 0 Å². The third-order valence-electron chi connectivity index (χ3n) is 5.15. The van der Waals surface area contributed by atoms with Crippen LogP contribution in [-0.4, -0.2) is 43.5 Å². The van der Waals surface area contributed by atoms with E-state index < -0.39 is 0 Å². The van der Waals surface area contributed by atoms with E-state index in [1.54, 1.807) is 25.7 Å². The molecule has 0 radical (unpaired) electrons. The first-order chi connectivity index (χ1) is 16.7. The summed E-state index contributed by atoms with van der Waals surface area (Å²) in [6.45, 7) is 0. The number of pyridine rings is 2. The van der Waals surface area contributed by atoms with Gasteiger partial charge in [-0.1, -0.05) is 17.8 Å². The molecular formula is C25H20N6O2S. The Labute approximate surface area is 200 Å². The molecule has 5 aromatic rings. The Balaban J connectivity index is 1.41. The van der Waals surface area contributed by atoms with Crippen molar-refractivity contribution in [3.05, 3.63) is 85.3 Å². The molecule has 0 saturated heterocycles. The van der Waals surface area contributed by atoms with Gasteiger partial charge in [-0.2, -0.15) is 0 Å². The maximum absolute atomic E-state index is 12.8. The quantitative estimate of drug-likeness (QED) is 0.348. The molecule has 0 unspecified atom stereocenters. The first-order valence-corrected chi connectivity index (χ1v) is 11.5. The molecule has 2 aromatic carbocycles. The third kappa shape index (κ3) is 4.46. The van der Waals surface area contributed by atoms with Crippen molar-refractivity contribution in [3.8, 4) is 22.8 Å². The van der Waals surface area contributed by atoms with Crippen molar-refractivity contribution in [2.24, 2.45) is 0 Å². The second kappa shape index (κ2) is 9.72. The monoisotopic (exact) mass is 468 g/mol. The Morgan fingerprint density at radius 1 is 0.971 bits per heavy atom. The van der Waals surface area contributed by atoms with Gasteiger partial charge in [0.2, 0.25) is 5.91 Å². The molecule has 0 saturated carbocycles. The van der Waals surface area contributed by atoms with Gasteiger partial charge < -0.3 is 10.1 Å². The lowest BCUT2D eigenvalue weighted by atomic mass is 10.2. The summed E-state index contributed by atoms with van der Waals surface area (Å²) in [5, 5.41) is 13.3. The van der Waals surface area contributed by atoms with Crippen LogP contribution in [0.3, 0.4) is 0 Å². The van der Waals surface area contributed by atoms with Crippen LogP contribution in [0.1, 0.15) is 0 Å². The van der Waals surface area contributed by atoms with E-state index in [1.807, 2.05) is 71.3 Å². The van der Waals surface area contributed by atoms with Crippen molar-refractivity contribution >= 4 is 34.3 Å². The van der Waals surface area contributed by atoms with Crippen molar-refractivity contribution in [2.45, 2.75) is 5.16 Å². The summed E-state index contributed by atoms with van der Waals surface area (Å²) >= 11 is 1.31. The number of carbonyl (C=O) groups excluding carboxylic acids is 1. The summed E-state index contributed by atoms with van der Waals surface area (Å²) < 4.78 is 7.21. The Hall–Kier alpha value is -4.24. The second-order valence-corrected chi connectivity index (χ2v) is 8.23. The topological polar surface area (TPSA) is 94.8 Å². The number of methoxy groups -OCH3 is 1. The minimum absolute atomic E-state index is 0.143. The minimum atomic E-state index is -0.143. The zero-order chi connectivity index (χ0) is 23.3. The van der Waals surface area contributed by atoms with Crippen LogP contribution in [0.25, 0.3) is 28.0 Å². The fourth-order valence-electron chi connectivity index (χ4n) is 3.54. The smallest absolute Gasteiger partial charge is 0.234 e. The number of amides is 1. The first kappa shape index (κ1) is 21.6. The number of nitrogens with zero attached hydrogens (tertiary/aromatic N) is 5. The van der Waals surface area contributed by atoms with Crippen LogP contribution in [0.2, 0.25) is 0 Å². The van der Waals surface area contributed by atoms with Crippen LogP contribution in [0.5, 0.6) is 5.75 Å². The van der Waals surface area contributed by atoms with Gasteiger partial charge in [-0.25, -0.2) is 0 Å². The molecule has 8 nitrogen and oxygen atoms in total. The van der Waals surface area contributed by atoms with Crippen molar-refractivity contribution in [2.75, 3.05) is 18.2 Å². The molecule has 0 fully saturated rings. The number of nitrogens with one attached hydrogen (secondary N) is 1. The largest absolute Gasteiger partial charge is 0.497 e. The molecular weight excluding hydrogens is 448 g/mol. The summed E-state index contributed by atoms with van der Waals surface area (Å²) in [7, 11) is 1.63. The predicted octanol–water partition coefficient (Wildman–Crippen LogP) is 4.62. The normalized spacial score (nSPS) is 10.9. The van der Waals surface area contributed by atoms with Gasteiger partial charge in [-0.15, -0.1) is 10.2 Å². The van der Waals surface area contributed by atoms with Gasteiger partial charge in [-0.05, 0) is 60.7 Å². The Morgan fingerprint density at radius 3 is 2.59 bits per heavy atom. The Kier molecular flexibility index (Phi) is 6.17. The van der Waals surface area contributed by atoms with Gasteiger partial charge in [0.1, 0.15) is 5.75 Å². The van der Waals surface area contributed by atoms with E-state index in [-0.39, 0.29) is 11.7 Å².